The Morgan fingerprint density at radius 2 is 1.63 bits per heavy atom. The van der Waals surface area contributed by atoms with E-state index < -0.39 is 11.8 Å². The van der Waals surface area contributed by atoms with Gasteiger partial charge >= 0.3 is 11.8 Å². The number of hydrogen-bond acceptors (Lipinski definition) is 5. The van der Waals surface area contributed by atoms with Crippen LogP contribution < -0.4 is 15.5 Å². The first-order valence-corrected chi connectivity index (χ1v) is 11.2. The standard InChI is InChI=1S/C23H37N5O2/c1-26(2)20-11-9-18(10-12-20)21(28-15-13-27(3)14-16-28)17-24-22(29)23(30)25-19-7-5-4-6-8-19/h9-12,19,21H,4-8,13-17H2,1-3H3,(H,24,29)(H,25,30)/t21-/m1/s1. The number of likely N-dealkylation sites (N-methyl/N-ethyl adjacent to an activating group) is 1. The first kappa shape index (κ1) is 22.6. The van der Waals surface area contributed by atoms with E-state index in [0.717, 1.165) is 63.1 Å². The van der Waals surface area contributed by atoms with Gasteiger partial charge in [-0.15, -0.1) is 0 Å². The molecule has 0 bridgehead atoms. The molecule has 0 unspecified atom stereocenters. The first-order chi connectivity index (χ1) is 14.4. The van der Waals surface area contributed by atoms with Crippen LogP contribution in [0.5, 0.6) is 0 Å². The molecule has 2 amide bonds. The van der Waals surface area contributed by atoms with E-state index in [9.17, 15) is 9.59 Å². The fourth-order valence-corrected chi connectivity index (χ4v) is 4.35. The van der Waals surface area contributed by atoms with Crippen LogP contribution in [0, 0.1) is 0 Å². The fourth-order valence-electron chi connectivity index (χ4n) is 4.35. The van der Waals surface area contributed by atoms with Crippen LogP contribution in [0.4, 0.5) is 5.69 Å². The van der Waals surface area contributed by atoms with Crippen LogP contribution in [0.25, 0.3) is 0 Å². The predicted molar refractivity (Wildman–Crippen MR) is 121 cm³/mol. The summed E-state index contributed by atoms with van der Waals surface area (Å²) in [5.74, 6) is -1.02. The highest BCUT2D eigenvalue weighted by atomic mass is 16.2. The van der Waals surface area contributed by atoms with E-state index in [1.165, 1.54) is 6.42 Å². The summed E-state index contributed by atoms with van der Waals surface area (Å²) in [7, 11) is 6.19. The third kappa shape index (κ3) is 6.19. The van der Waals surface area contributed by atoms with Crippen LogP contribution in [-0.4, -0.2) is 81.5 Å². The van der Waals surface area contributed by atoms with Crippen LogP contribution in [0.15, 0.2) is 24.3 Å². The minimum absolute atomic E-state index is 0.0568. The first-order valence-electron chi connectivity index (χ1n) is 11.2. The highest BCUT2D eigenvalue weighted by Crippen LogP contribution is 2.24. The normalized spacial score (nSPS) is 19.8. The number of nitrogens with one attached hydrogen (secondary N) is 2. The summed E-state index contributed by atoms with van der Waals surface area (Å²) in [5, 5.41) is 5.81. The summed E-state index contributed by atoms with van der Waals surface area (Å²) >= 11 is 0. The van der Waals surface area contributed by atoms with Gasteiger partial charge in [0.15, 0.2) is 0 Å². The van der Waals surface area contributed by atoms with Gasteiger partial charge in [-0.1, -0.05) is 31.4 Å². The van der Waals surface area contributed by atoms with Gasteiger partial charge in [0.05, 0.1) is 6.04 Å². The molecule has 1 saturated carbocycles. The van der Waals surface area contributed by atoms with Gasteiger partial charge < -0.3 is 20.4 Å². The maximum absolute atomic E-state index is 12.5. The third-order valence-electron chi connectivity index (χ3n) is 6.38. The van der Waals surface area contributed by atoms with Crippen molar-refractivity contribution in [3.05, 3.63) is 29.8 Å². The van der Waals surface area contributed by atoms with Gasteiger partial charge in [-0.25, -0.2) is 0 Å². The molecule has 2 fully saturated rings. The second-order valence-electron chi connectivity index (χ2n) is 8.86. The number of benzene rings is 1. The number of nitrogens with zero attached hydrogens (tertiary/aromatic N) is 3. The Labute approximate surface area is 180 Å². The van der Waals surface area contributed by atoms with E-state index >= 15 is 0 Å². The molecule has 0 radical (unpaired) electrons. The molecular weight excluding hydrogens is 378 g/mol. The van der Waals surface area contributed by atoms with Crippen LogP contribution >= 0.6 is 0 Å². The molecule has 1 aromatic rings. The van der Waals surface area contributed by atoms with Gasteiger partial charge in [0.1, 0.15) is 0 Å². The number of carbonyl (C=O) groups is 2. The Morgan fingerprint density at radius 3 is 2.23 bits per heavy atom. The smallest absolute Gasteiger partial charge is 0.309 e. The van der Waals surface area contributed by atoms with Gasteiger partial charge in [0.2, 0.25) is 0 Å². The molecule has 7 heteroatoms. The Morgan fingerprint density at radius 1 is 1.00 bits per heavy atom. The maximum atomic E-state index is 12.5. The van der Waals surface area contributed by atoms with Crippen LogP contribution in [0.3, 0.4) is 0 Å². The summed E-state index contributed by atoms with van der Waals surface area (Å²) in [6.45, 7) is 4.33. The van der Waals surface area contributed by atoms with Gasteiger partial charge in [-0.05, 0) is 37.6 Å². The van der Waals surface area contributed by atoms with Gasteiger partial charge in [0.25, 0.3) is 0 Å². The molecule has 2 aliphatic rings. The molecule has 3 rings (SSSR count). The topological polar surface area (TPSA) is 67.9 Å². The number of anilines is 1. The molecule has 1 heterocycles. The molecule has 1 aromatic carbocycles. The Bertz CT molecular complexity index is 692. The van der Waals surface area contributed by atoms with E-state index in [1.54, 1.807) is 0 Å². The van der Waals surface area contributed by atoms with Gasteiger partial charge in [-0.3, -0.25) is 14.5 Å². The molecule has 1 aliphatic heterocycles. The molecule has 0 aromatic heterocycles. The van der Waals surface area contributed by atoms with Crippen molar-refractivity contribution in [2.75, 3.05) is 58.8 Å². The number of hydrogen-bond donors (Lipinski definition) is 2. The molecule has 1 saturated heterocycles. The van der Waals surface area contributed by atoms with Gasteiger partial charge in [0, 0.05) is 58.5 Å². The van der Waals surface area contributed by atoms with E-state index in [0.29, 0.717) is 6.54 Å². The lowest BCUT2D eigenvalue weighted by molar-refractivity contribution is -0.139. The maximum Gasteiger partial charge on any atom is 0.309 e. The Hall–Kier alpha value is -2.12. The number of piperazine rings is 1. The highest BCUT2D eigenvalue weighted by molar-refractivity contribution is 6.35. The van der Waals surface area contributed by atoms with Crippen molar-refractivity contribution in [3.8, 4) is 0 Å². The lowest BCUT2D eigenvalue weighted by Crippen LogP contribution is -2.50. The van der Waals surface area contributed by atoms with E-state index in [1.807, 2.05) is 14.1 Å². The number of carbonyl (C=O) groups excluding carboxylic acids is 2. The molecule has 166 valence electrons. The predicted octanol–water partition coefficient (Wildman–Crippen LogP) is 1.61. The number of rotatable bonds is 6. The third-order valence-corrected chi connectivity index (χ3v) is 6.38. The zero-order valence-corrected chi connectivity index (χ0v) is 18.7. The SMILES string of the molecule is CN1CCN([C@H](CNC(=O)C(=O)NC2CCCCC2)c2ccc(N(C)C)cc2)CC1. The fraction of sp³-hybridized carbons (Fsp3) is 0.652. The average Bonchev–Trinajstić information content (AvgIpc) is 2.76. The van der Waals surface area contributed by atoms with Crippen molar-refractivity contribution in [1.29, 1.82) is 0 Å². The second kappa shape index (κ2) is 10.8. The monoisotopic (exact) mass is 415 g/mol. The molecular formula is C23H37N5O2. The summed E-state index contributed by atoms with van der Waals surface area (Å²) in [6, 6.07) is 8.68. The lowest BCUT2D eigenvalue weighted by atomic mass is 9.95. The molecule has 0 spiro atoms. The van der Waals surface area contributed by atoms with Crippen LogP contribution in [-0.2, 0) is 9.59 Å². The summed E-state index contributed by atoms with van der Waals surface area (Å²) < 4.78 is 0. The van der Waals surface area contributed by atoms with Crippen molar-refractivity contribution in [2.45, 2.75) is 44.2 Å². The van der Waals surface area contributed by atoms with Crippen molar-refractivity contribution < 1.29 is 9.59 Å². The van der Waals surface area contributed by atoms with Crippen molar-refractivity contribution in [1.82, 2.24) is 20.4 Å². The quantitative estimate of drug-likeness (QED) is 0.691. The van der Waals surface area contributed by atoms with Crippen molar-refractivity contribution >= 4 is 17.5 Å². The molecule has 1 aliphatic carbocycles. The average molecular weight is 416 g/mol. The van der Waals surface area contributed by atoms with E-state index in [2.05, 4.69) is 56.6 Å². The van der Waals surface area contributed by atoms with Crippen LogP contribution in [0.1, 0.15) is 43.7 Å². The minimum atomic E-state index is -0.524. The Kier molecular flexibility index (Phi) is 8.10. The largest absolute Gasteiger partial charge is 0.378 e. The summed E-state index contributed by atoms with van der Waals surface area (Å²) in [4.78, 5) is 31.6. The number of amides is 2. The van der Waals surface area contributed by atoms with E-state index in [4.69, 9.17) is 0 Å². The van der Waals surface area contributed by atoms with Crippen molar-refractivity contribution in [3.63, 3.8) is 0 Å². The molecule has 2 N–H and O–H groups in total. The Balaban J connectivity index is 1.62. The zero-order valence-electron chi connectivity index (χ0n) is 18.7. The highest BCUT2D eigenvalue weighted by Gasteiger charge is 2.26. The molecule has 7 nitrogen and oxygen atoms in total. The van der Waals surface area contributed by atoms with Gasteiger partial charge in [-0.2, -0.15) is 0 Å². The second-order valence-corrected chi connectivity index (χ2v) is 8.86. The van der Waals surface area contributed by atoms with Crippen molar-refractivity contribution in [2.24, 2.45) is 0 Å². The lowest BCUT2D eigenvalue weighted by Gasteiger charge is -2.38. The minimum Gasteiger partial charge on any atom is -0.378 e. The van der Waals surface area contributed by atoms with Crippen LogP contribution in [0.2, 0.25) is 0 Å². The molecule has 30 heavy (non-hydrogen) atoms. The van der Waals surface area contributed by atoms with E-state index in [-0.39, 0.29) is 12.1 Å². The summed E-state index contributed by atoms with van der Waals surface area (Å²) in [6.07, 6.45) is 5.42. The molecule has 1 atom stereocenters. The summed E-state index contributed by atoms with van der Waals surface area (Å²) in [5.41, 5.74) is 2.31. The zero-order chi connectivity index (χ0) is 21.5.